The second-order valence-corrected chi connectivity index (χ2v) is 21.5. The van der Waals surface area contributed by atoms with Gasteiger partial charge in [-0.15, -0.1) is 0 Å². The monoisotopic (exact) mass is 1070 g/mol. The summed E-state index contributed by atoms with van der Waals surface area (Å²) >= 11 is 6.77. The highest BCUT2D eigenvalue weighted by atomic mass is 35.5. The third kappa shape index (κ3) is 9.42. The number of fused-ring (bicyclic) bond motifs is 2. The Balaban J connectivity index is 0.774. The summed E-state index contributed by atoms with van der Waals surface area (Å²) in [6.45, 7) is 6.09. The van der Waals surface area contributed by atoms with Gasteiger partial charge in [-0.05, 0) is 82.0 Å². The molecule has 76 heavy (non-hydrogen) atoms. The molecular formula is C55H62ClF4N9O7. The molecule has 4 aliphatic heterocycles. The van der Waals surface area contributed by atoms with E-state index in [4.69, 9.17) is 21.1 Å². The predicted octanol–water partition coefficient (Wildman–Crippen LogP) is 7.82. The molecule has 0 bridgehead atoms. The van der Waals surface area contributed by atoms with Crippen LogP contribution in [0.1, 0.15) is 111 Å². The molecule has 404 valence electrons. The van der Waals surface area contributed by atoms with E-state index in [0.29, 0.717) is 70.3 Å². The molecule has 10 rings (SSSR count). The van der Waals surface area contributed by atoms with Crippen LogP contribution in [0.25, 0.3) is 22.0 Å². The van der Waals surface area contributed by atoms with Gasteiger partial charge >= 0.3 is 6.03 Å². The third-order valence-corrected chi connectivity index (χ3v) is 17.1. The first-order valence-electron chi connectivity index (χ1n) is 26.1. The lowest BCUT2D eigenvalue weighted by molar-refractivity contribution is -0.145. The first-order chi connectivity index (χ1) is 36.5. The van der Waals surface area contributed by atoms with Crippen molar-refractivity contribution >= 4 is 52.1 Å². The third-order valence-electron chi connectivity index (χ3n) is 16.8. The zero-order valence-corrected chi connectivity index (χ0v) is 43.7. The van der Waals surface area contributed by atoms with Gasteiger partial charge in [-0.3, -0.25) is 29.3 Å². The summed E-state index contributed by atoms with van der Waals surface area (Å²) < 4.78 is 78.4. The van der Waals surface area contributed by atoms with Crippen molar-refractivity contribution < 1.29 is 51.3 Å². The molecule has 0 unspecified atom stereocenters. The number of amides is 5. The normalized spacial score (nSPS) is 23.7. The lowest BCUT2D eigenvalue weighted by atomic mass is 9.72. The number of piperidine rings is 2. The van der Waals surface area contributed by atoms with Crippen molar-refractivity contribution in [1.29, 1.82) is 0 Å². The molecule has 3 aromatic carbocycles. The van der Waals surface area contributed by atoms with Gasteiger partial charge in [0.25, 0.3) is 11.8 Å². The molecule has 6 heterocycles. The predicted molar refractivity (Wildman–Crippen MR) is 275 cm³/mol. The molecule has 5 aromatic rings. The number of anilines is 1. The van der Waals surface area contributed by atoms with Crippen LogP contribution in [0.5, 0.6) is 11.6 Å². The van der Waals surface area contributed by atoms with E-state index in [1.807, 2.05) is 49.1 Å². The largest absolute Gasteiger partial charge is 0.480 e. The van der Waals surface area contributed by atoms with E-state index in [0.717, 1.165) is 24.6 Å². The molecule has 16 nitrogen and oxygen atoms in total. The number of benzene rings is 3. The van der Waals surface area contributed by atoms with Crippen molar-refractivity contribution in [3.8, 4) is 22.8 Å². The zero-order chi connectivity index (χ0) is 53.8. The Morgan fingerprint density at radius 3 is 2.32 bits per heavy atom. The topological polar surface area (TPSA) is 183 Å². The number of aliphatic hydroxyl groups excluding tert-OH is 1. The second kappa shape index (κ2) is 21.2. The van der Waals surface area contributed by atoms with Crippen LogP contribution in [0.3, 0.4) is 0 Å². The molecule has 4 fully saturated rings. The standard InChI is InChI=1S/C55H62ClF4N9O7/c1-30-41-39(27-38(58)45(56)44(41)43-36(50(72)61-3)28-62-51(47(43)60)75-25-24-70)76-55(30,32-8-6-5-7-9-32)29-63-33-10-17-54(2,18-11-33)52(73)68-21-14-34(15-22-68)67-19-12-31(13-20-67)42-37(57)26-35-48(46(42)59)66(4)65-49(35)69-23-16-40(71)64-53(69)74/h5-9,26-28,30-31,33-34,63,70H,10-25,29H2,1-4H3,(H,61,72)(H,64,71,74)/t30-,33?,54?,55-/m0/s1. The van der Waals surface area contributed by atoms with E-state index in [-0.39, 0.29) is 94.8 Å². The first kappa shape index (κ1) is 53.1. The Kier molecular flexibility index (Phi) is 14.8. The van der Waals surface area contributed by atoms with Crippen molar-refractivity contribution in [1.82, 2.24) is 40.5 Å². The minimum atomic E-state index is -1.15. The van der Waals surface area contributed by atoms with Crippen molar-refractivity contribution in [2.45, 2.75) is 101 Å². The maximum absolute atomic E-state index is 16.6. The molecular weight excluding hydrogens is 1010 g/mol. The fraction of sp³-hybridized carbons (Fsp3) is 0.491. The molecule has 21 heteroatoms. The van der Waals surface area contributed by atoms with Gasteiger partial charge < -0.3 is 35.0 Å². The molecule has 5 amide bonds. The van der Waals surface area contributed by atoms with E-state index in [2.05, 4.69) is 30.9 Å². The maximum atomic E-state index is 16.6. The number of pyridine rings is 1. The molecule has 2 aromatic heterocycles. The highest BCUT2D eigenvalue weighted by molar-refractivity contribution is 6.34. The fourth-order valence-corrected chi connectivity index (χ4v) is 12.8. The van der Waals surface area contributed by atoms with Crippen LogP contribution in [0.15, 0.2) is 48.7 Å². The van der Waals surface area contributed by atoms with Crippen LogP contribution in [0.2, 0.25) is 5.02 Å². The average molecular weight is 1070 g/mol. The molecule has 1 aliphatic carbocycles. The Bertz CT molecular complexity index is 3090. The molecule has 0 radical (unpaired) electrons. The van der Waals surface area contributed by atoms with Crippen molar-refractivity contribution in [3.05, 3.63) is 99.2 Å². The quantitative estimate of drug-likeness (QED) is 0.0844. The minimum Gasteiger partial charge on any atom is -0.480 e. The van der Waals surface area contributed by atoms with Crippen molar-refractivity contribution in [2.24, 2.45) is 12.5 Å². The molecule has 3 saturated heterocycles. The summed E-state index contributed by atoms with van der Waals surface area (Å²) in [5, 5.41) is 22.0. The number of hydrogen-bond donors (Lipinski definition) is 4. The Morgan fingerprint density at radius 1 is 0.934 bits per heavy atom. The Morgan fingerprint density at radius 2 is 1.64 bits per heavy atom. The number of halogens is 5. The number of aryl methyl sites for hydroxylation is 1. The van der Waals surface area contributed by atoms with Crippen LogP contribution in [-0.4, -0.2) is 125 Å². The molecule has 1 saturated carbocycles. The number of nitrogens with one attached hydrogen (secondary N) is 3. The Labute approximate surface area is 442 Å². The van der Waals surface area contributed by atoms with Gasteiger partial charge in [-0.2, -0.15) is 5.10 Å². The summed E-state index contributed by atoms with van der Waals surface area (Å²) in [6, 6.07) is 11.5. The summed E-state index contributed by atoms with van der Waals surface area (Å²) in [5.74, 6) is -5.47. The van der Waals surface area contributed by atoms with Gasteiger partial charge in [0.05, 0.1) is 22.6 Å². The van der Waals surface area contributed by atoms with E-state index in [1.165, 1.54) is 28.8 Å². The molecule has 4 N–H and O–H groups in total. The Hall–Kier alpha value is -6.35. The van der Waals surface area contributed by atoms with Crippen LogP contribution >= 0.6 is 11.6 Å². The summed E-state index contributed by atoms with van der Waals surface area (Å²) in [5.41, 5.74) is -1.00. The fourth-order valence-electron chi connectivity index (χ4n) is 12.5. The number of carbonyl (C=O) groups excluding carboxylic acids is 4. The van der Waals surface area contributed by atoms with Gasteiger partial charge in [-0.25, -0.2) is 27.3 Å². The van der Waals surface area contributed by atoms with Gasteiger partial charge in [-0.1, -0.05) is 55.8 Å². The summed E-state index contributed by atoms with van der Waals surface area (Å²) in [6.07, 6.45) is 6.57. The van der Waals surface area contributed by atoms with Crippen LogP contribution in [0.4, 0.5) is 28.2 Å². The highest BCUT2D eigenvalue weighted by Crippen LogP contribution is 2.57. The van der Waals surface area contributed by atoms with Gasteiger partial charge in [0.1, 0.15) is 29.5 Å². The van der Waals surface area contributed by atoms with Crippen molar-refractivity contribution in [2.75, 3.05) is 64.4 Å². The number of ether oxygens (including phenoxy) is 2. The zero-order valence-electron chi connectivity index (χ0n) is 42.9. The van der Waals surface area contributed by atoms with Crippen LogP contribution in [0, 0.1) is 28.7 Å². The van der Waals surface area contributed by atoms with Gasteiger partial charge in [0, 0.05) is 105 Å². The number of nitrogens with zero attached hydrogens (tertiary/aromatic N) is 6. The van der Waals surface area contributed by atoms with E-state index < -0.39 is 75.6 Å². The highest BCUT2D eigenvalue weighted by Gasteiger charge is 2.51. The number of imide groups is 1. The number of hydrogen-bond acceptors (Lipinski definition) is 11. The van der Waals surface area contributed by atoms with Gasteiger partial charge in [0.15, 0.2) is 23.1 Å². The first-order valence-corrected chi connectivity index (χ1v) is 26.5. The van der Waals surface area contributed by atoms with Gasteiger partial charge in [0.2, 0.25) is 11.8 Å². The second-order valence-electron chi connectivity index (χ2n) is 21.1. The number of likely N-dealkylation sites (tertiary alicyclic amines) is 2. The van der Waals surface area contributed by atoms with Crippen LogP contribution < -0.4 is 30.3 Å². The lowest BCUT2D eigenvalue weighted by Crippen LogP contribution is -2.53. The smallest absolute Gasteiger partial charge is 0.329 e. The lowest BCUT2D eigenvalue weighted by Gasteiger charge is -2.45. The number of rotatable bonds is 13. The maximum Gasteiger partial charge on any atom is 0.329 e. The SMILES string of the molecule is CNC(=O)c1cnc(OCCO)c(F)c1-c1c(Cl)c(F)cc2c1[C@H](C)[C@@](CNC1CCC(C)(C(=O)N3CCC(N4CCC(c5c(F)cc6c(N7CCC(=O)NC7=O)nn(C)c6c5F)CC4)CC3)CC1)(c1ccccc1)O2. The summed E-state index contributed by atoms with van der Waals surface area (Å²) in [7, 11) is 2.93. The summed E-state index contributed by atoms with van der Waals surface area (Å²) in [4.78, 5) is 61.5. The van der Waals surface area contributed by atoms with Crippen LogP contribution in [-0.2, 0) is 22.2 Å². The molecule has 0 spiro atoms. The van der Waals surface area contributed by atoms with Crippen molar-refractivity contribution in [3.63, 3.8) is 0 Å². The minimum absolute atomic E-state index is 0.000494. The van der Waals surface area contributed by atoms with E-state index >= 15 is 17.6 Å². The van der Waals surface area contributed by atoms with E-state index in [9.17, 15) is 24.3 Å². The molecule has 5 aliphatic rings. The average Bonchev–Trinajstić information content (AvgIpc) is 3.90. The number of carbonyl (C=O) groups is 4. The number of aliphatic hydroxyl groups is 1. The number of urea groups is 1. The molecule has 2 atom stereocenters. The van der Waals surface area contributed by atoms with E-state index in [1.54, 1.807) is 7.05 Å². The number of aromatic nitrogens is 3.